The molecule has 32 heavy (non-hydrogen) atoms. The maximum Gasteiger partial charge on any atom is 0.205 e. The van der Waals surface area contributed by atoms with Crippen molar-refractivity contribution < 1.29 is 9.47 Å². The lowest BCUT2D eigenvalue weighted by molar-refractivity contribution is -0.183. The molecule has 162 valence electrons. The van der Waals surface area contributed by atoms with E-state index in [1.807, 2.05) is 36.4 Å². The van der Waals surface area contributed by atoms with Crippen LogP contribution < -0.4 is 0 Å². The van der Waals surface area contributed by atoms with Crippen LogP contribution in [-0.2, 0) is 15.0 Å². The van der Waals surface area contributed by atoms with Crippen LogP contribution in [0.15, 0.2) is 78.9 Å². The van der Waals surface area contributed by atoms with Crippen LogP contribution in [0, 0.1) is 0 Å². The van der Waals surface area contributed by atoms with Crippen molar-refractivity contribution in [2.45, 2.75) is 32.1 Å². The van der Waals surface area contributed by atoms with Crippen molar-refractivity contribution in [3.05, 3.63) is 90.0 Å². The molecule has 1 fully saturated rings. The monoisotopic (exact) mass is 426 g/mol. The summed E-state index contributed by atoms with van der Waals surface area (Å²) in [6.45, 7) is 5.65. The minimum Gasteiger partial charge on any atom is -0.348 e. The molecule has 0 amide bonds. The Balaban J connectivity index is 1.46. The van der Waals surface area contributed by atoms with Crippen LogP contribution in [-0.4, -0.2) is 33.4 Å². The first-order valence-electron chi connectivity index (χ1n) is 10.9. The maximum atomic E-state index is 5.72. The van der Waals surface area contributed by atoms with Crippen LogP contribution in [0.2, 0.25) is 0 Å². The average molecular weight is 427 g/mol. The van der Waals surface area contributed by atoms with Gasteiger partial charge in [-0.05, 0) is 42.2 Å². The summed E-state index contributed by atoms with van der Waals surface area (Å²) in [5.41, 5.74) is 4.82. The number of rotatable bonds is 5. The number of aromatic nitrogens is 4. The second-order valence-corrected chi connectivity index (χ2v) is 8.42. The van der Waals surface area contributed by atoms with E-state index in [4.69, 9.17) is 14.6 Å². The molecule has 6 nitrogen and oxygen atoms in total. The Morgan fingerprint density at radius 3 is 2.19 bits per heavy atom. The molecular formula is C26H26N4O2. The van der Waals surface area contributed by atoms with E-state index < -0.39 is 5.54 Å². The van der Waals surface area contributed by atoms with Crippen molar-refractivity contribution in [2.24, 2.45) is 0 Å². The molecule has 6 heteroatoms. The highest BCUT2D eigenvalue weighted by Gasteiger charge is 2.26. The van der Waals surface area contributed by atoms with Gasteiger partial charge in [0.15, 0.2) is 6.29 Å². The molecule has 4 aromatic rings. The van der Waals surface area contributed by atoms with Gasteiger partial charge in [-0.2, -0.15) is 4.80 Å². The van der Waals surface area contributed by atoms with Gasteiger partial charge in [0.05, 0.1) is 13.2 Å². The van der Waals surface area contributed by atoms with Crippen LogP contribution in [0.1, 0.15) is 37.7 Å². The Morgan fingerprint density at radius 1 is 0.812 bits per heavy atom. The molecule has 1 aliphatic rings. The van der Waals surface area contributed by atoms with Gasteiger partial charge >= 0.3 is 0 Å². The molecule has 2 heterocycles. The molecule has 0 bridgehead atoms. The number of ether oxygens (including phenoxy) is 2. The summed E-state index contributed by atoms with van der Waals surface area (Å²) in [5, 5.41) is 13.6. The number of hydrogen-bond donors (Lipinski definition) is 0. The quantitative estimate of drug-likeness (QED) is 0.437. The topological polar surface area (TPSA) is 62.1 Å². The molecule has 1 saturated heterocycles. The van der Waals surface area contributed by atoms with E-state index in [0.717, 1.165) is 47.5 Å². The van der Waals surface area contributed by atoms with Crippen LogP contribution in [0.3, 0.4) is 0 Å². The Bertz CT molecular complexity index is 1180. The highest BCUT2D eigenvalue weighted by Crippen LogP contribution is 2.32. The van der Waals surface area contributed by atoms with E-state index >= 15 is 0 Å². The van der Waals surface area contributed by atoms with Crippen molar-refractivity contribution in [3.8, 4) is 22.5 Å². The molecule has 0 aliphatic carbocycles. The fraction of sp³-hybridized carbons (Fsp3) is 0.269. The zero-order valence-electron chi connectivity index (χ0n) is 18.3. The number of hydrogen-bond acceptors (Lipinski definition) is 5. The third-order valence-electron chi connectivity index (χ3n) is 5.88. The Labute approximate surface area is 187 Å². The van der Waals surface area contributed by atoms with Gasteiger partial charge in [0.1, 0.15) is 5.54 Å². The second kappa shape index (κ2) is 8.65. The molecule has 1 aromatic heterocycles. The maximum absolute atomic E-state index is 5.72. The molecule has 0 spiro atoms. The zero-order chi connectivity index (χ0) is 22.0. The molecule has 0 radical (unpaired) electrons. The SMILES string of the molecule is CC(C)(c1ccccc1)n1nnc(-c2ccccc2-c2ccc(C3OCCCO3)cc2)n1. The predicted octanol–water partition coefficient (Wildman–Crippen LogP) is 5.23. The summed E-state index contributed by atoms with van der Waals surface area (Å²) in [6, 6.07) is 26.7. The van der Waals surface area contributed by atoms with Crippen molar-refractivity contribution in [1.82, 2.24) is 20.2 Å². The van der Waals surface area contributed by atoms with E-state index in [0.29, 0.717) is 5.82 Å². The van der Waals surface area contributed by atoms with Gasteiger partial charge in [0.2, 0.25) is 5.82 Å². The summed E-state index contributed by atoms with van der Waals surface area (Å²) in [7, 11) is 0. The summed E-state index contributed by atoms with van der Waals surface area (Å²) >= 11 is 0. The molecule has 0 atom stereocenters. The third-order valence-corrected chi connectivity index (χ3v) is 5.88. The molecular weight excluding hydrogens is 400 g/mol. The van der Waals surface area contributed by atoms with Crippen molar-refractivity contribution in [1.29, 1.82) is 0 Å². The number of nitrogens with zero attached hydrogens (tertiary/aromatic N) is 4. The van der Waals surface area contributed by atoms with E-state index in [1.165, 1.54) is 0 Å². The fourth-order valence-corrected chi connectivity index (χ4v) is 3.95. The van der Waals surface area contributed by atoms with Crippen molar-refractivity contribution in [2.75, 3.05) is 13.2 Å². The summed E-state index contributed by atoms with van der Waals surface area (Å²) in [6.07, 6.45) is 0.659. The zero-order valence-corrected chi connectivity index (χ0v) is 18.3. The van der Waals surface area contributed by atoms with E-state index in [1.54, 1.807) is 4.80 Å². The van der Waals surface area contributed by atoms with Crippen molar-refractivity contribution >= 4 is 0 Å². The Hall–Kier alpha value is -3.35. The molecule has 3 aromatic carbocycles. The number of tetrazole rings is 1. The van der Waals surface area contributed by atoms with Crippen LogP contribution >= 0.6 is 0 Å². The minimum atomic E-state index is -0.414. The van der Waals surface area contributed by atoms with Gasteiger partial charge in [-0.25, -0.2) is 0 Å². The highest BCUT2D eigenvalue weighted by molar-refractivity contribution is 5.80. The lowest BCUT2D eigenvalue weighted by Gasteiger charge is -2.23. The first kappa shape index (κ1) is 20.5. The van der Waals surface area contributed by atoms with E-state index in [9.17, 15) is 0 Å². The van der Waals surface area contributed by atoms with Gasteiger partial charge in [-0.1, -0.05) is 78.9 Å². The summed E-state index contributed by atoms with van der Waals surface area (Å²) in [4.78, 5) is 1.69. The first-order valence-corrected chi connectivity index (χ1v) is 10.9. The lowest BCUT2D eigenvalue weighted by Crippen LogP contribution is -2.30. The molecule has 0 unspecified atom stereocenters. The second-order valence-electron chi connectivity index (χ2n) is 8.42. The normalized spacial score (nSPS) is 15.1. The van der Waals surface area contributed by atoms with Gasteiger partial charge in [-0.15, -0.1) is 10.2 Å². The van der Waals surface area contributed by atoms with Crippen LogP contribution in [0.5, 0.6) is 0 Å². The Kier molecular flexibility index (Phi) is 5.55. The van der Waals surface area contributed by atoms with Crippen LogP contribution in [0.4, 0.5) is 0 Å². The summed E-state index contributed by atoms with van der Waals surface area (Å²) < 4.78 is 11.4. The Morgan fingerprint density at radius 2 is 1.47 bits per heavy atom. The fourth-order valence-electron chi connectivity index (χ4n) is 3.95. The largest absolute Gasteiger partial charge is 0.348 e. The van der Waals surface area contributed by atoms with Gasteiger partial charge < -0.3 is 9.47 Å². The molecule has 0 N–H and O–H groups in total. The number of benzene rings is 3. The van der Waals surface area contributed by atoms with Gasteiger partial charge in [0, 0.05) is 11.1 Å². The van der Waals surface area contributed by atoms with E-state index in [-0.39, 0.29) is 6.29 Å². The van der Waals surface area contributed by atoms with Gasteiger partial charge in [0.25, 0.3) is 0 Å². The smallest absolute Gasteiger partial charge is 0.205 e. The van der Waals surface area contributed by atoms with E-state index in [2.05, 4.69) is 66.6 Å². The van der Waals surface area contributed by atoms with Gasteiger partial charge in [-0.3, -0.25) is 0 Å². The predicted molar refractivity (Wildman–Crippen MR) is 123 cm³/mol. The minimum absolute atomic E-state index is 0.283. The molecule has 5 rings (SSSR count). The molecule has 0 saturated carbocycles. The standard InChI is InChI=1S/C26H26N4O2/c1-26(2,21-9-4-3-5-10-21)30-28-24(27-29-30)23-12-7-6-11-22(23)19-13-15-20(16-14-19)25-31-17-8-18-32-25/h3-7,9-16,25H,8,17-18H2,1-2H3. The third kappa shape index (κ3) is 3.95. The van der Waals surface area contributed by atoms with Crippen LogP contribution in [0.25, 0.3) is 22.5 Å². The first-order chi connectivity index (χ1) is 15.6. The highest BCUT2D eigenvalue weighted by atomic mass is 16.7. The average Bonchev–Trinajstić information content (AvgIpc) is 3.37. The molecule has 1 aliphatic heterocycles. The lowest BCUT2D eigenvalue weighted by atomic mass is 9.95. The summed E-state index contributed by atoms with van der Waals surface area (Å²) in [5.74, 6) is 0.604. The van der Waals surface area contributed by atoms with Crippen molar-refractivity contribution in [3.63, 3.8) is 0 Å².